The van der Waals surface area contributed by atoms with Crippen LogP contribution in [0.25, 0.3) is 0 Å². The average molecular weight is 222 g/mol. The average Bonchev–Trinajstić information content (AvgIpc) is 2.28. The van der Waals surface area contributed by atoms with E-state index in [1.54, 1.807) is 6.20 Å². The van der Waals surface area contributed by atoms with Gasteiger partial charge in [-0.3, -0.25) is 0 Å². The molecule has 4 heteroatoms. The topological polar surface area (TPSA) is 63.8 Å². The quantitative estimate of drug-likeness (QED) is 0.772. The number of nitrogens with two attached hydrogens (primary N) is 1. The van der Waals surface area contributed by atoms with E-state index < -0.39 is 0 Å². The molecule has 0 spiro atoms. The van der Waals surface area contributed by atoms with Gasteiger partial charge in [-0.25, -0.2) is 0 Å². The van der Waals surface area contributed by atoms with Gasteiger partial charge in [-0.1, -0.05) is 26.7 Å². The Bertz CT molecular complexity index is 310. The van der Waals surface area contributed by atoms with E-state index in [1.165, 1.54) is 0 Å². The van der Waals surface area contributed by atoms with Gasteiger partial charge in [0.05, 0.1) is 6.20 Å². The highest BCUT2D eigenvalue weighted by Gasteiger charge is 2.13. The highest BCUT2D eigenvalue weighted by molar-refractivity contribution is 5.35. The van der Waals surface area contributed by atoms with Gasteiger partial charge >= 0.3 is 0 Å². The zero-order valence-corrected chi connectivity index (χ0v) is 10.4. The lowest BCUT2D eigenvalue weighted by Gasteiger charge is -2.21. The summed E-state index contributed by atoms with van der Waals surface area (Å²) in [5.74, 6) is 1.38. The van der Waals surface area contributed by atoms with E-state index in [-0.39, 0.29) is 6.04 Å². The molecule has 0 aliphatic heterocycles. The van der Waals surface area contributed by atoms with E-state index in [0.29, 0.717) is 5.92 Å². The normalized spacial score (nSPS) is 12.8. The Morgan fingerprint density at radius 1 is 1.38 bits per heavy atom. The van der Waals surface area contributed by atoms with Crippen LogP contribution < -0.4 is 11.1 Å². The molecule has 0 bridgehead atoms. The van der Waals surface area contributed by atoms with Crippen molar-refractivity contribution in [1.29, 1.82) is 0 Å². The highest BCUT2D eigenvalue weighted by Crippen LogP contribution is 2.12. The number of aromatic nitrogens is 2. The van der Waals surface area contributed by atoms with Crippen LogP contribution >= 0.6 is 0 Å². The summed E-state index contributed by atoms with van der Waals surface area (Å²) in [5, 5.41) is 11.1. The summed E-state index contributed by atoms with van der Waals surface area (Å²) in [5.41, 5.74) is 7.22. The number of nitrogens with zero attached hydrogens (tertiary/aromatic N) is 2. The number of aryl methyl sites for hydroxylation is 1. The van der Waals surface area contributed by atoms with Crippen LogP contribution in [0.5, 0.6) is 0 Å². The van der Waals surface area contributed by atoms with Crippen LogP contribution in [-0.4, -0.2) is 22.8 Å². The second kappa shape index (κ2) is 6.43. The van der Waals surface area contributed by atoms with Gasteiger partial charge in [0.2, 0.25) is 0 Å². The molecule has 0 fully saturated rings. The molecule has 16 heavy (non-hydrogen) atoms. The molecular formula is C12H22N4. The summed E-state index contributed by atoms with van der Waals surface area (Å²) in [6, 6.07) is 2.16. The molecule has 0 saturated carbocycles. The van der Waals surface area contributed by atoms with Crippen molar-refractivity contribution < 1.29 is 0 Å². The van der Waals surface area contributed by atoms with Gasteiger partial charge in [-0.05, 0) is 24.5 Å². The van der Waals surface area contributed by atoms with Crippen LogP contribution in [0.2, 0.25) is 0 Å². The Morgan fingerprint density at radius 2 is 2.06 bits per heavy atom. The monoisotopic (exact) mass is 222 g/mol. The fraction of sp³-hybridized carbons (Fsp3) is 0.667. The first-order valence-electron chi connectivity index (χ1n) is 5.96. The molecule has 1 unspecified atom stereocenters. The van der Waals surface area contributed by atoms with Crippen LogP contribution in [0, 0.1) is 12.8 Å². The first-order chi connectivity index (χ1) is 7.67. The van der Waals surface area contributed by atoms with E-state index in [0.717, 1.165) is 30.8 Å². The molecular weight excluding hydrogens is 200 g/mol. The van der Waals surface area contributed by atoms with E-state index in [1.807, 2.05) is 13.0 Å². The van der Waals surface area contributed by atoms with Crippen molar-refractivity contribution in [2.75, 3.05) is 11.9 Å². The van der Waals surface area contributed by atoms with Crippen LogP contribution in [0.1, 0.15) is 32.3 Å². The van der Waals surface area contributed by atoms with Gasteiger partial charge in [0.15, 0.2) is 0 Å². The molecule has 1 aromatic rings. The fourth-order valence-corrected chi connectivity index (χ4v) is 1.83. The molecule has 0 amide bonds. The predicted octanol–water partition coefficient (Wildman–Crippen LogP) is 1.96. The number of nitrogens with one attached hydrogen (secondary N) is 1. The molecule has 90 valence electrons. The molecule has 1 aromatic heterocycles. The number of anilines is 1. The summed E-state index contributed by atoms with van der Waals surface area (Å²) in [7, 11) is 0. The van der Waals surface area contributed by atoms with Crippen molar-refractivity contribution in [3.8, 4) is 0 Å². The largest absolute Gasteiger partial charge is 0.367 e. The Labute approximate surface area is 97.6 Å². The van der Waals surface area contributed by atoms with Crippen molar-refractivity contribution in [2.45, 2.75) is 39.7 Å². The van der Waals surface area contributed by atoms with Crippen molar-refractivity contribution in [1.82, 2.24) is 10.2 Å². The molecule has 0 aliphatic carbocycles. The Hall–Kier alpha value is -1.16. The molecule has 3 N–H and O–H groups in total. The minimum absolute atomic E-state index is 0.178. The lowest BCUT2D eigenvalue weighted by molar-refractivity contribution is 0.407. The third kappa shape index (κ3) is 3.77. The lowest BCUT2D eigenvalue weighted by Crippen LogP contribution is -2.36. The summed E-state index contributed by atoms with van der Waals surface area (Å²) in [6.45, 7) is 7.12. The van der Waals surface area contributed by atoms with Gasteiger partial charge in [0.25, 0.3) is 0 Å². The van der Waals surface area contributed by atoms with E-state index in [2.05, 4.69) is 29.4 Å². The molecule has 1 rings (SSSR count). The maximum atomic E-state index is 6.11. The smallest absolute Gasteiger partial charge is 0.148 e. The Kier molecular flexibility index (Phi) is 5.19. The van der Waals surface area contributed by atoms with Gasteiger partial charge in [0, 0.05) is 12.6 Å². The third-order valence-electron chi connectivity index (χ3n) is 2.96. The lowest BCUT2D eigenvalue weighted by atomic mass is 9.95. The maximum Gasteiger partial charge on any atom is 0.148 e. The summed E-state index contributed by atoms with van der Waals surface area (Å²) < 4.78 is 0. The minimum atomic E-state index is 0.178. The zero-order chi connectivity index (χ0) is 12.0. The number of hydrogen-bond donors (Lipinski definition) is 2. The molecule has 0 aromatic carbocycles. The highest BCUT2D eigenvalue weighted by atomic mass is 15.2. The summed E-state index contributed by atoms with van der Waals surface area (Å²) in [6.07, 6.45) is 3.99. The van der Waals surface area contributed by atoms with Crippen LogP contribution in [0.15, 0.2) is 12.3 Å². The second-order valence-corrected chi connectivity index (χ2v) is 4.24. The minimum Gasteiger partial charge on any atom is -0.367 e. The summed E-state index contributed by atoms with van der Waals surface area (Å²) >= 11 is 0. The Morgan fingerprint density at radius 3 is 2.62 bits per heavy atom. The SMILES string of the molecule is CCC(CC)C(N)CNc1cc(C)cnn1. The standard InChI is InChI=1S/C12H22N4/c1-4-10(5-2)11(13)8-14-12-6-9(3)7-15-16-12/h6-7,10-11H,4-5,8,13H2,1-3H3,(H,14,16). The first-order valence-corrected chi connectivity index (χ1v) is 5.96. The molecule has 4 nitrogen and oxygen atoms in total. The van der Waals surface area contributed by atoms with E-state index >= 15 is 0 Å². The summed E-state index contributed by atoms with van der Waals surface area (Å²) in [4.78, 5) is 0. The van der Waals surface area contributed by atoms with Gasteiger partial charge in [0.1, 0.15) is 5.82 Å². The number of rotatable bonds is 6. The molecule has 0 saturated heterocycles. The molecule has 1 atom stereocenters. The van der Waals surface area contributed by atoms with E-state index in [9.17, 15) is 0 Å². The maximum absolute atomic E-state index is 6.11. The molecule has 0 radical (unpaired) electrons. The van der Waals surface area contributed by atoms with Crippen molar-refractivity contribution >= 4 is 5.82 Å². The fourth-order valence-electron chi connectivity index (χ4n) is 1.83. The second-order valence-electron chi connectivity index (χ2n) is 4.24. The van der Waals surface area contributed by atoms with Gasteiger partial charge < -0.3 is 11.1 Å². The first kappa shape index (κ1) is 12.9. The van der Waals surface area contributed by atoms with Crippen molar-refractivity contribution in [3.63, 3.8) is 0 Å². The van der Waals surface area contributed by atoms with Crippen molar-refractivity contribution in [2.24, 2.45) is 11.7 Å². The third-order valence-corrected chi connectivity index (χ3v) is 2.96. The van der Waals surface area contributed by atoms with Gasteiger partial charge in [-0.15, -0.1) is 5.10 Å². The molecule has 1 heterocycles. The van der Waals surface area contributed by atoms with Crippen molar-refractivity contribution in [3.05, 3.63) is 17.8 Å². The van der Waals surface area contributed by atoms with Gasteiger partial charge in [-0.2, -0.15) is 5.10 Å². The predicted molar refractivity (Wildman–Crippen MR) is 67.3 cm³/mol. The molecule has 0 aliphatic rings. The number of hydrogen-bond acceptors (Lipinski definition) is 4. The van der Waals surface area contributed by atoms with Crippen LogP contribution in [-0.2, 0) is 0 Å². The Balaban J connectivity index is 2.45. The van der Waals surface area contributed by atoms with Crippen LogP contribution in [0.4, 0.5) is 5.82 Å². The van der Waals surface area contributed by atoms with E-state index in [4.69, 9.17) is 5.73 Å². The van der Waals surface area contributed by atoms with Crippen LogP contribution in [0.3, 0.4) is 0 Å². The zero-order valence-electron chi connectivity index (χ0n) is 10.4.